The molecule has 0 spiro atoms. The number of nitrogens with zero attached hydrogens (tertiary/aromatic N) is 1. The number of rotatable bonds is 3. The monoisotopic (exact) mass is 238 g/mol. The van der Waals surface area contributed by atoms with E-state index in [4.69, 9.17) is 10.5 Å². The van der Waals surface area contributed by atoms with Gasteiger partial charge in [0.1, 0.15) is 17.7 Å². The summed E-state index contributed by atoms with van der Waals surface area (Å²) in [6.07, 6.45) is 1.19. The number of likely N-dealkylation sites (N-methyl/N-ethyl adjacent to an activating group) is 1. The molecule has 1 saturated heterocycles. The van der Waals surface area contributed by atoms with E-state index < -0.39 is 0 Å². The molecule has 2 rings (SSSR count). The zero-order valence-electron chi connectivity index (χ0n) is 10.3. The molecule has 3 nitrogen and oxygen atoms in total. The number of nitrogens with two attached hydrogens (primary N) is 1. The summed E-state index contributed by atoms with van der Waals surface area (Å²) in [5.41, 5.74) is 6.56. The topological polar surface area (TPSA) is 38.5 Å². The molecule has 0 aliphatic carbocycles. The number of hydrogen-bond donors (Lipinski definition) is 1. The molecule has 1 unspecified atom stereocenters. The molecule has 1 aliphatic rings. The van der Waals surface area contributed by atoms with Crippen molar-refractivity contribution >= 4 is 0 Å². The first-order valence-corrected chi connectivity index (χ1v) is 5.96. The fourth-order valence-corrected chi connectivity index (χ4v) is 2.15. The fraction of sp³-hybridized carbons (Fsp3) is 0.538. The number of halogens is 1. The molecule has 0 radical (unpaired) electrons. The highest BCUT2D eigenvalue weighted by Crippen LogP contribution is 2.27. The lowest BCUT2D eigenvalue weighted by Gasteiger charge is -2.18. The highest BCUT2D eigenvalue weighted by molar-refractivity contribution is 5.36. The Labute approximate surface area is 101 Å². The van der Waals surface area contributed by atoms with E-state index in [1.165, 1.54) is 12.1 Å². The molecular formula is C13H19FN2O. The maximum atomic E-state index is 13.2. The summed E-state index contributed by atoms with van der Waals surface area (Å²) in [7, 11) is 2.07. The van der Waals surface area contributed by atoms with E-state index in [-0.39, 0.29) is 18.0 Å². The molecule has 0 aromatic heterocycles. The van der Waals surface area contributed by atoms with Gasteiger partial charge in [-0.25, -0.2) is 4.39 Å². The number of likely N-dealkylation sites (tertiary alicyclic amines) is 1. The lowest BCUT2D eigenvalue weighted by atomic mass is 10.1. The van der Waals surface area contributed by atoms with Crippen molar-refractivity contribution in [3.05, 3.63) is 29.6 Å². The number of hydrogen-bond acceptors (Lipinski definition) is 3. The van der Waals surface area contributed by atoms with Crippen LogP contribution in [0.15, 0.2) is 18.2 Å². The van der Waals surface area contributed by atoms with Crippen molar-refractivity contribution in [1.29, 1.82) is 0 Å². The van der Waals surface area contributed by atoms with Gasteiger partial charge in [-0.1, -0.05) is 0 Å². The maximum Gasteiger partial charge on any atom is 0.124 e. The van der Waals surface area contributed by atoms with Crippen LogP contribution in [0.2, 0.25) is 0 Å². The summed E-state index contributed by atoms with van der Waals surface area (Å²) in [6.45, 7) is 3.79. The Morgan fingerprint density at radius 2 is 2.29 bits per heavy atom. The van der Waals surface area contributed by atoms with Crippen molar-refractivity contribution in [2.45, 2.75) is 25.5 Å². The molecule has 17 heavy (non-hydrogen) atoms. The van der Waals surface area contributed by atoms with Crippen LogP contribution in [0.5, 0.6) is 5.75 Å². The lowest BCUT2D eigenvalue weighted by molar-refractivity contribution is 0.205. The zero-order valence-corrected chi connectivity index (χ0v) is 10.3. The predicted octanol–water partition coefficient (Wildman–Crippen LogP) is 1.93. The van der Waals surface area contributed by atoms with Crippen molar-refractivity contribution in [3.8, 4) is 5.75 Å². The average molecular weight is 238 g/mol. The van der Waals surface area contributed by atoms with Crippen LogP contribution < -0.4 is 10.5 Å². The minimum Gasteiger partial charge on any atom is -0.489 e. The van der Waals surface area contributed by atoms with Crippen LogP contribution in [-0.4, -0.2) is 31.1 Å². The van der Waals surface area contributed by atoms with Crippen LogP contribution in [-0.2, 0) is 0 Å². The molecule has 94 valence electrons. The molecule has 1 heterocycles. The minimum atomic E-state index is -0.270. The van der Waals surface area contributed by atoms with Crippen molar-refractivity contribution < 1.29 is 9.13 Å². The first-order chi connectivity index (χ1) is 8.06. The number of ether oxygens (including phenoxy) is 1. The summed E-state index contributed by atoms with van der Waals surface area (Å²) in [6, 6.07) is 4.32. The summed E-state index contributed by atoms with van der Waals surface area (Å²) in [5, 5.41) is 0. The van der Waals surface area contributed by atoms with E-state index >= 15 is 0 Å². The Kier molecular flexibility index (Phi) is 3.64. The third-order valence-corrected chi connectivity index (χ3v) is 3.10. The molecule has 1 fully saturated rings. The summed E-state index contributed by atoms with van der Waals surface area (Å²) < 4.78 is 19.1. The van der Waals surface area contributed by atoms with Crippen LogP contribution in [0, 0.1) is 5.82 Å². The van der Waals surface area contributed by atoms with Crippen molar-refractivity contribution in [1.82, 2.24) is 4.90 Å². The van der Waals surface area contributed by atoms with Gasteiger partial charge in [0.05, 0.1) is 0 Å². The van der Waals surface area contributed by atoms with E-state index in [0.29, 0.717) is 5.75 Å². The van der Waals surface area contributed by atoms with Crippen molar-refractivity contribution in [2.24, 2.45) is 5.73 Å². The largest absolute Gasteiger partial charge is 0.489 e. The molecular weight excluding hydrogens is 219 g/mol. The Morgan fingerprint density at radius 3 is 2.88 bits per heavy atom. The second-order valence-corrected chi connectivity index (χ2v) is 4.76. The third-order valence-electron chi connectivity index (χ3n) is 3.10. The fourth-order valence-electron chi connectivity index (χ4n) is 2.15. The summed E-state index contributed by atoms with van der Waals surface area (Å²) in [4.78, 5) is 2.22. The normalized spacial score (nSPS) is 22.7. The van der Waals surface area contributed by atoms with Crippen LogP contribution in [0.3, 0.4) is 0 Å². The molecule has 0 amide bonds. The standard InChI is InChI=1S/C13H19FN2O/c1-9(15)12-7-10(14)3-4-13(12)17-11-5-6-16(2)8-11/h3-4,7,9,11H,5-6,8,15H2,1-2H3/t9-,11?/m0/s1. The van der Waals surface area contributed by atoms with E-state index in [0.717, 1.165) is 25.1 Å². The van der Waals surface area contributed by atoms with Gasteiger partial charge in [0.25, 0.3) is 0 Å². The van der Waals surface area contributed by atoms with Gasteiger partial charge in [-0.3, -0.25) is 0 Å². The van der Waals surface area contributed by atoms with Crippen LogP contribution in [0.25, 0.3) is 0 Å². The average Bonchev–Trinajstić information content (AvgIpc) is 2.66. The zero-order chi connectivity index (χ0) is 12.4. The summed E-state index contributed by atoms with van der Waals surface area (Å²) in [5.74, 6) is 0.440. The van der Waals surface area contributed by atoms with E-state index in [9.17, 15) is 4.39 Å². The molecule has 4 heteroatoms. The molecule has 1 aliphatic heterocycles. The van der Waals surface area contributed by atoms with Gasteiger partial charge in [0.15, 0.2) is 0 Å². The molecule has 1 aromatic carbocycles. The Morgan fingerprint density at radius 1 is 1.53 bits per heavy atom. The smallest absolute Gasteiger partial charge is 0.124 e. The molecule has 0 bridgehead atoms. The summed E-state index contributed by atoms with van der Waals surface area (Å²) >= 11 is 0. The molecule has 0 saturated carbocycles. The molecule has 1 aromatic rings. The van der Waals surface area contributed by atoms with Gasteiger partial charge in [-0.05, 0) is 38.6 Å². The second-order valence-electron chi connectivity index (χ2n) is 4.76. The van der Waals surface area contributed by atoms with E-state index in [2.05, 4.69) is 11.9 Å². The minimum absolute atomic E-state index is 0.183. The Bertz CT molecular complexity index is 395. The van der Waals surface area contributed by atoms with Gasteiger partial charge in [0, 0.05) is 24.7 Å². The van der Waals surface area contributed by atoms with Crippen molar-refractivity contribution in [3.63, 3.8) is 0 Å². The van der Waals surface area contributed by atoms with Gasteiger partial charge in [-0.2, -0.15) is 0 Å². The molecule has 2 N–H and O–H groups in total. The Hall–Kier alpha value is -1.13. The number of benzene rings is 1. The van der Waals surface area contributed by atoms with Crippen LogP contribution in [0.1, 0.15) is 24.9 Å². The Balaban J connectivity index is 2.14. The highest BCUT2D eigenvalue weighted by atomic mass is 19.1. The van der Waals surface area contributed by atoms with E-state index in [1.54, 1.807) is 6.07 Å². The molecule has 2 atom stereocenters. The van der Waals surface area contributed by atoms with E-state index in [1.807, 2.05) is 6.92 Å². The highest BCUT2D eigenvalue weighted by Gasteiger charge is 2.22. The predicted molar refractivity (Wildman–Crippen MR) is 65.5 cm³/mol. The van der Waals surface area contributed by atoms with Gasteiger partial charge >= 0.3 is 0 Å². The van der Waals surface area contributed by atoms with Gasteiger partial charge in [0.2, 0.25) is 0 Å². The van der Waals surface area contributed by atoms with Gasteiger partial charge in [-0.15, -0.1) is 0 Å². The third kappa shape index (κ3) is 2.96. The lowest BCUT2D eigenvalue weighted by Crippen LogP contribution is -2.22. The van der Waals surface area contributed by atoms with Crippen molar-refractivity contribution in [2.75, 3.05) is 20.1 Å². The first-order valence-electron chi connectivity index (χ1n) is 5.96. The SMILES string of the molecule is C[C@H](N)c1cc(F)ccc1OC1CCN(C)C1. The maximum absolute atomic E-state index is 13.2. The van der Waals surface area contributed by atoms with Crippen LogP contribution >= 0.6 is 0 Å². The van der Waals surface area contributed by atoms with Crippen LogP contribution in [0.4, 0.5) is 4.39 Å². The second kappa shape index (κ2) is 5.02. The quantitative estimate of drug-likeness (QED) is 0.874. The van der Waals surface area contributed by atoms with Gasteiger partial charge < -0.3 is 15.4 Å². The first kappa shape index (κ1) is 12.3.